The zero-order chi connectivity index (χ0) is 11.7. The Morgan fingerprint density at radius 3 is 1.94 bits per heavy atom. The third-order valence-corrected chi connectivity index (χ3v) is 3.13. The number of fused-ring (bicyclic) bond motifs is 1. The van der Waals surface area contributed by atoms with Crippen LogP contribution >= 0.6 is 0 Å². The van der Waals surface area contributed by atoms with Gasteiger partial charge in [-0.2, -0.15) is 0 Å². The van der Waals surface area contributed by atoms with Crippen LogP contribution in [-0.4, -0.2) is 4.98 Å². The Labute approximate surface area is 97.5 Å². The second-order valence-corrected chi connectivity index (χ2v) is 4.97. The van der Waals surface area contributed by atoms with Crippen molar-refractivity contribution in [1.29, 1.82) is 0 Å². The first-order valence-corrected chi connectivity index (χ1v) is 5.97. The van der Waals surface area contributed by atoms with Gasteiger partial charge in [0, 0.05) is 17.8 Å². The molecule has 1 nitrogen and oxygen atoms in total. The molecule has 1 aromatic heterocycles. The van der Waals surface area contributed by atoms with Gasteiger partial charge in [0.15, 0.2) is 0 Å². The molecule has 0 aliphatic heterocycles. The molecule has 1 heterocycles. The summed E-state index contributed by atoms with van der Waals surface area (Å²) in [6, 6.07) is 6.66. The molecular weight excluding hydrogens is 194 g/mol. The summed E-state index contributed by atoms with van der Waals surface area (Å²) < 4.78 is 0. The predicted octanol–water partition coefficient (Wildman–Crippen LogP) is 4.48. The molecule has 0 saturated heterocycles. The molecule has 1 aromatic carbocycles. The van der Waals surface area contributed by atoms with Crippen molar-refractivity contribution in [3.05, 3.63) is 41.7 Å². The van der Waals surface area contributed by atoms with E-state index in [2.05, 4.69) is 50.9 Å². The lowest BCUT2D eigenvalue weighted by Crippen LogP contribution is -1.95. The number of nitrogens with zero attached hydrogens (tertiary/aromatic N) is 1. The minimum absolute atomic E-state index is 0.549. The Morgan fingerprint density at radius 2 is 1.38 bits per heavy atom. The van der Waals surface area contributed by atoms with Crippen LogP contribution in [-0.2, 0) is 0 Å². The minimum Gasteiger partial charge on any atom is -0.264 e. The summed E-state index contributed by atoms with van der Waals surface area (Å²) in [5, 5.41) is 2.67. The van der Waals surface area contributed by atoms with E-state index in [4.69, 9.17) is 0 Å². The quantitative estimate of drug-likeness (QED) is 0.716. The van der Waals surface area contributed by atoms with Crippen LogP contribution < -0.4 is 0 Å². The van der Waals surface area contributed by atoms with Crippen molar-refractivity contribution in [3.63, 3.8) is 0 Å². The third kappa shape index (κ3) is 1.82. The summed E-state index contributed by atoms with van der Waals surface area (Å²) in [5.74, 6) is 1.11. The molecule has 0 bridgehead atoms. The zero-order valence-electron chi connectivity index (χ0n) is 10.5. The Kier molecular flexibility index (Phi) is 2.95. The molecule has 2 rings (SSSR count). The molecule has 1 heteroatoms. The smallest absolute Gasteiger partial charge is 0.0349 e. The fourth-order valence-electron chi connectivity index (χ4n) is 2.24. The maximum atomic E-state index is 4.26. The van der Waals surface area contributed by atoms with Crippen molar-refractivity contribution in [2.24, 2.45) is 0 Å². The first-order valence-electron chi connectivity index (χ1n) is 5.97. The van der Waals surface area contributed by atoms with Crippen molar-refractivity contribution in [3.8, 4) is 0 Å². The van der Waals surface area contributed by atoms with E-state index < -0.39 is 0 Å². The average molecular weight is 213 g/mol. The number of aromatic nitrogens is 1. The molecule has 0 amide bonds. The van der Waals surface area contributed by atoms with E-state index in [9.17, 15) is 0 Å². The highest BCUT2D eigenvalue weighted by molar-refractivity contribution is 5.88. The third-order valence-electron chi connectivity index (χ3n) is 3.13. The van der Waals surface area contributed by atoms with Crippen LogP contribution in [0.5, 0.6) is 0 Å². The van der Waals surface area contributed by atoms with E-state index in [1.54, 1.807) is 0 Å². The van der Waals surface area contributed by atoms with Gasteiger partial charge in [0.1, 0.15) is 0 Å². The molecule has 0 fully saturated rings. The molecule has 0 radical (unpaired) electrons. The van der Waals surface area contributed by atoms with Crippen LogP contribution in [0.2, 0.25) is 0 Å². The van der Waals surface area contributed by atoms with Crippen molar-refractivity contribution in [2.45, 2.75) is 39.5 Å². The molecule has 16 heavy (non-hydrogen) atoms. The predicted molar refractivity (Wildman–Crippen MR) is 69.9 cm³/mol. The Hall–Kier alpha value is -1.37. The number of benzene rings is 1. The SMILES string of the molecule is CC(C)c1ccc(C(C)C)c2cnccc12. The fourth-order valence-corrected chi connectivity index (χ4v) is 2.24. The van der Waals surface area contributed by atoms with Gasteiger partial charge in [-0.05, 0) is 34.4 Å². The number of hydrogen-bond donors (Lipinski definition) is 0. The second-order valence-electron chi connectivity index (χ2n) is 4.97. The number of rotatable bonds is 2. The van der Waals surface area contributed by atoms with Crippen LogP contribution in [0.15, 0.2) is 30.6 Å². The molecular formula is C15H19N. The van der Waals surface area contributed by atoms with Crippen LogP contribution in [0.4, 0.5) is 0 Å². The van der Waals surface area contributed by atoms with Gasteiger partial charge in [0.25, 0.3) is 0 Å². The van der Waals surface area contributed by atoms with Gasteiger partial charge in [0.05, 0.1) is 0 Å². The summed E-state index contributed by atoms with van der Waals surface area (Å²) in [7, 11) is 0. The largest absolute Gasteiger partial charge is 0.264 e. The van der Waals surface area contributed by atoms with Crippen molar-refractivity contribution in [2.75, 3.05) is 0 Å². The highest BCUT2D eigenvalue weighted by atomic mass is 14.6. The zero-order valence-corrected chi connectivity index (χ0v) is 10.5. The molecule has 0 spiro atoms. The molecule has 2 aromatic rings. The number of pyridine rings is 1. The van der Waals surface area contributed by atoms with Crippen LogP contribution in [0.3, 0.4) is 0 Å². The molecule has 0 atom stereocenters. The summed E-state index contributed by atoms with van der Waals surface area (Å²) >= 11 is 0. The van der Waals surface area contributed by atoms with Crippen LogP contribution in [0, 0.1) is 0 Å². The topological polar surface area (TPSA) is 12.9 Å². The second kappa shape index (κ2) is 4.25. The molecule has 0 saturated carbocycles. The van der Waals surface area contributed by atoms with Crippen molar-refractivity contribution in [1.82, 2.24) is 4.98 Å². The van der Waals surface area contributed by atoms with Crippen LogP contribution in [0.1, 0.15) is 50.7 Å². The van der Waals surface area contributed by atoms with Gasteiger partial charge in [-0.1, -0.05) is 39.8 Å². The highest BCUT2D eigenvalue weighted by Crippen LogP contribution is 2.30. The summed E-state index contributed by atoms with van der Waals surface area (Å²) in [6.45, 7) is 8.95. The molecule has 0 aliphatic rings. The van der Waals surface area contributed by atoms with E-state index in [1.807, 2.05) is 12.4 Å². The maximum absolute atomic E-state index is 4.26. The van der Waals surface area contributed by atoms with E-state index in [-0.39, 0.29) is 0 Å². The van der Waals surface area contributed by atoms with Gasteiger partial charge < -0.3 is 0 Å². The van der Waals surface area contributed by atoms with E-state index in [0.717, 1.165) is 0 Å². The lowest BCUT2D eigenvalue weighted by Gasteiger charge is -2.15. The maximum Gasteiger partial charge on any atom is 0.0349 e. The lowest BCUT2D eigenvalue weighted by molar-refractivity contribution is 0.858. The van der Waals surface area contributed by atoms with Gasteiger partial charge in [-0.15, -0.1) is 0 Å². The monoisotopic (exact) mass is 213 g/mol. The van der Waals surface area contributed by atoms with Crippen LogP contribution in [0.25, 0.3) is 10.8 Å². The summed E-state index contributed by atoms with van der Waals surface area (Å²) in [5.41, 5.74) is 2.81. The van der Waals surface area contributed by atoms with E-state index in [1.165, 1.54) is 21.9 Å². The molecule has 0 unspecified atom stereocenters. The van der Waals surface area contributed by atoms with Crippen molar-refractivity contribution >= 4 is 10.8 Å². The standard InChI is InChI=1S/C15H19N/c1-10(2)12-5-6-13(11(3)4)15-9-16-8-7-14(12)15/h5-11H,1-4H3. The molecule has 84 valence electrons. The lowest BCUT2D eigenvalue weighted by atomic mass is 9.90. The van der Waals surface area contributed by atoms with E-state index in [0.29, 0.717) is 11.8 Å². The Morgan fingerprint density at radius 1 is 0.812 bits per heavy atom. The summed E-state index contributed by atoms with van der Waals surface area (Å²) in [6.07, 6.45) is 3.88. The first kappa shape index (κ1) is 11.1. The first-order chi connectivity index (χ1) is 7.61. The molecule has 0 aliphatic carbocycles. The Balaban J connectivity index is 2.77. The highest BCUT2D eigenvalue weighted by Gasteiger charge is 2.10. The van der Waals surface area contributed by atoms with Gasteiger partial charge in [-0.3, -0.25) is 4.98 Å². The van der Waals surface area contributed by atoms with E-state index >= 15 is 0 Å². The molecule has 0 N–H and O–H groups in total. The fraction of sp³-hybridized carbons (Fsp3) is 0.400. The summed E-state index contributed by atoms with van der Waals surface area (Å²) in [4.78, 5) is 4.26. The van der Waals surface area contributed by atoms with Gasteiger partial charge in [-0.25, -0.2) is 0 Å². The normalized spacial score (nSPS) is 11.6. The van der Waals surface area contributed by atoms with Gasteiger partial charge >= 0.3 is 0 Å². The van der Waals surface area contributed by atoms with Crippen molar-refractivity contribution < 1.29 is 0 Å². The minimum atomic E-state index is 0.549. The Bertz CT molecular complexity index is 451. The van der Waals surface area contributed by atoms with Gasteiger partial charge in [0.2, 0.25) is 0 Å². The number of hydrogen-bond acceptors (Lipinski definition) is 1. The average Bonchev–Trinajstić information content (AvgIpc) is 2.27.